The number of hydrogen-bond acceptors (Lipinski definition) is 2. The van der Waals surface area contributed by atoms with Crippen LogP contribution in [0.2, 0.25) is 0 Å². The summed E-state index contributed by atoms with van der Waals surface area (Å²) in [5, 5.41) is 0. The van der Waals surface area contributed by atoms with Gasteiger partial charge in [-0.1, -0.05) is 22.0 Å². The predicted octanol–water partition coefficient (Wildman–Crippen LogP) is 2.86. The molecule has 0 radical (unpaired) electrons. The molecule has 4 heteroatoms. The number of Topliss-reactive ketones (excluding diaryl/α,β-unsaturated/α-hetero) is 1. The lowest BCUT2D eigenvalue weighted by Gasteiger charge is -2.12. The monoisotopic (exact) mass is 260 g/mol. The standard InChI is InChI=1S/C10H10BrFO2/c1-6(13)10(11)9-7(12)4-3-5-8(9)14-2/h3-5,10H,1-2H3. The van der Waals surface area contributed by atoms with Crippen LogP contribution in [-0.4, -0.2) is 12.9 Å². The van der Waals surface area contributed by atoms with Crippen molar-refractivity contribution >= 4 is 21.7 Å². The van der Waals surface area contributed by atoms with Gasteiger partial charge in [0.15, 0.2) is 0 Å². The molecule has 0 N–H and O–H groups in total. The molecule has 0 fully saturated rings. The van der Waals surface area contributed by atoms with E-state index in [1.807, 2.05) is 0 Å². The van der Waals surface area contributed by atoms with E-state index in [0.29, 0.717) is 5.75 Å². The van der Waals surface area contributed by atoms with E-state index in [0.717, 1.165) is 0 Å². The number of carbonyl (C=O) groups is 1. The molecule has 0 aromatic heterocycles. The fraction of sp³-hybridized carbons (Fsp3) is 0.300. The van der Waals surface area contributed by atoms with E-state index in [1.54, 1.807) is 6.07 Å². The number of halogens is 2. The van der Waals surface area contributed by atoms with Gasteiger partial charge in [0, 0.05) is 0 Å². The van der Waals surface area contributed by atoms with Crippen molar-refractivity contribution in [2.24, 2.45) is 0 Å². The van der Waals surface area contributed by atoms with Crippen LogP contribution in [0.15, 0.2) is 18.2 Å². The number of ketones is 1. The molecule has 0 spiro atoms. The molecule has 14 heavy (non-hydrogen) atoms. The highest BCUT2D eigenvalue weighted by Gasteiger charge is 2.21. The summed E-state index contributed by atoms with van der Waals surface area (Å²) >= 11 is 3.12. The highest BCUT2D eigenvalue weighted by Crippen LogP contribution is 2.33. The summed E-state index contributed by atoms with van der Waals surface area (Å²) in [6, 6.07) is 4.46. The molecule has 0 amide bonds. The van der Waals surface area contributed by atoms with Gasteiger partial charge in [-0.05, 0) is 19.1 Å². The fourth-order valence-corrected chi connectivity index (χ4v) is 1.59. The lowest BCUT2D eigenvalue weighted by atomic mass is 10.1. The molecular weight excluding hydrogens is 251 g/mol. The van der Waals surface area contributed by atoms with Gasteiger partial charge in [-0.3, -0.25) is 4.79 Å². The average molecular weight is 261 g/mol. The predicted molar refractivity (Wildman–Crippen MR) is 55.3 cm³/mol. The van der Waals surface area contributed by atoms with Crippen molar-refractivity contribution in [1.82, 2.24) is 0 Å². The van der Waals surface area contributed by atoms with Gasteiger partial charge in [-0.2, -0.15) is 0 Å². The molecule has 1 aromatic carbocycles. The summed E-state index contributed by atoms with van der Waals surface area (Å²) in [5.74, 6) is -0.225. The lowest BCUT2D eigenvalue weighted by molar-refractivity contribution is -0.116. The Labute approximate surface area is 90.2 Å². The summed E-state index contributed by atoms with van der Waals surface area (Å²) in [7, 11) is 1.44. The van der Waals surface area contributed by atoms with Crippen LogP contribution in [0.4, 0.5) is 4.39 Å². The van der Waals surface area contributed by atoms with E-state index in [9.17, 15) is 9.18 Å². The van der Waals surface area contributed by atoms with Gasteiger partial charge < -0.3 is 4.74 Å². The first kappa shape index (κ1) is 11.2. The van der Waals surface area contributed by atoms with Crippen LogP contribution in [0.3, 0.4) is 0 Å². The van der Waals surface area contributed by atoms with Gasteiger partial charge >= 0.3 is 0 Å². The summed E-state index contributed by atoms with van der Waals surface area (Å²) in [5.41, 5.74) is 0.252. The van der Waals surface area contributed by atoms with Crippen molar-refractivity contribution in [1.29, 1.82) is 0 Å². The van der Waals surface area contributed by atoms with Crippen LogP contribution in [0.1, 0.15) is 17.3 Å². The molecule has 0 bridgehead atoms. The first-order chi connectivity index (χ1) is 6.57. The van der Waals surface area contributed by atoms with Gasteiger partial charge in [-0.25, -0.2) is 4.39 Å². The molecule has 0 saturated carbocycles. The minimum Gasteiger partial charge on any atom is -0.496 e. The summed E-state index contributed by atoms with van der Waals surface area (Å²) < 4.78 is 18.4. The van der Waals surface area contributed by atoms with Gasteiger partial charge in [0.2, 0.25) is 0 Å². The zero-order chi connectivity index (χ0) is 10.7. The molecule has 1 unspecified atom stereocenters. The fourth-order valence-electron chi connectivity index (χ4n) is 1.14. The van der Waals surface area contributed by atoms with Crippen molar-refractivity contribution in [3.05, 3.63) is 29.6 Å². The number of alkyl halides is 1. The van der Waals surface area contributed by atoms with E-state index in [-0.39, 0.29) is 11.3 Å². The topological polar surface area (TPSA) is 26.3 Å². The van der Waals surface area contributed by atoms with Crippen LogP contribution in [0, 0.1) is 5.82 Å². The molecule has 76 valence electrons. The number of ether oxygens (including phenoxy) is 1. The van der Waals surface area contributed by atoms with Crippen molar-refractivity contribution in [2.45, 2.75) is 11.8 Å². The Morgan fingerprint density at radius 1 is 1.57 bits per heavy atom. The van der Waals surface area contributed by atoms with Gasteiger partial charge in [-0.15, -0.1) is 0 Å². The highest BCUT2D eigenvalue weighted by molar-refractivity contribution is 9.09. The Morgan fingerprint density at radius 2 is 2.21 bits per heavy atom. The summed E-state index contributed by atoms with van der Waals surface area (Å²) in [6.07, 6.45) is 0. The van der Waals surface area contributed by atoms with Gasteiger partial charge in [0.25, 0.3) is 0 Å². The second-order valence-corrected chi connectivity index (χ2v) is 3.74. The Balaban J connectivity index is 3.23. The van der Waals surface area contributed by atoms with Crippen LogP contribution in [-0.2, 0) is 4.79 Å². The minimum atomic E-state index is -0.654. The van der Waals surface area contributed by atoms with Crippen LogP contribution in [0.5, 0.6) is 5.75 Å². The first-order valence-corrected chi connectivity index (χ1v) is 4.96. The molecular formula is C10H10BrFO2. The maximum atomic E-state index is 13.4. The number of hydrogen-bond donors (Lipinski definition) is 0. The average Bonchev–Trinajstić information content (AvgIpc) is 2.16. The Hall–Kier alpha value is -0.900. The molecule has 0 aliphatic heterocycles. The van der Waals surface area contributed by atoms with Crippen LogP contribution in [0.25, 0.3) is 0 Å². The normalized spacial score (nSPS) is 12.3. The third-order valence-corrected chi connectivity index (χ3v) is 2.95. The molecule has 0 aliphatic rings. The van der Waals surface area contributed by atoms with Crippen LogP contribution >= 0.6 is 15.9 Å². The molecule has 1 atom stereocenters. The summed E-state index contributed by atoms with van der Waals surface area (Å²) in [4.78, 5) is 10.4. The smallest absolute Gasteiger partial charge is 0.148 e. The number of rotatable bonds is 3. The third-order valence-electron chi connectivity index (χ3n) is 1.84. The van der Waals surface area contributed by atoms with Crippen molar-refractivity contribution in [3.8, 4) is 5.75 Å². The zero-order valence-electron chi connectivity index (χ0n) is 7.88. The second kappa shape index (κ2) is 4.55. The second-order valence-electron chi connectivity index (χ2n) is 2.83. The van der Waals surface area contributed by atoms with E-state index >= 15 is 0 Å². The Morgan fingerprint density at radius 3 is 2.71 bits per heavy atom. The number of methoxy groups -OCH3 is 1. The zero-order valence-corrected chi connectivity index (χ0v) is 9.47. The maximum absolute atomic E-state index is 13.4. The number of carbonyl (C=O) groups excluding carboxylic acids is 1. The van der Waals surface area contributed by atoms with Crippen molar-refractivity contribution in [3.63, 3.8) is 0 Å². The Bertz CT molecular complexity index is 352. The molecule has 0 heterocycles. The Kier molecular flexibility index (Phi) is 3.63. The summed E-state index contributed by atoms with van der Waals surface area (Å²) in [6.45, 7) is 1.39. The third kappa shape index (κ3) is 2.12. The highest BCUT2D eigenvalue weighted by atomic mass is 79.9. The van der Waals surface area contributed by atoms with Gasteiger partial charge in [0.05, 0.1) is 12.7 Å². The molecule has 2 nitrogen and oxygen atoms in total. The van der Waals surface area contributed by atoms with Crippen LogP contribution < -0.4 is 4.74 Å². The van der Waals surface area contributed by atoms with E-state index in [2.05, 4.69) is 15.9 Å². The maximum Gasteiger partial charge on any atom is 0.148 e. The lowest BCUT2D eigenvalue weighted by Crippen LogP contribution is -2.05. The quantitative estimate of drug-likeness (QED) is 0.782. The van der Waals surface area contributed by atoms with E-state index in [1.165, 1.54) is 26.2 Å². The molecule has 1 aromatic rings. The largest absolute Gasteiger partial charge is 0.496 e. The molecule has 0 aliphatic carbocycles. The number of benzene rings is 1. The minimum absolute atomic E-state index is 0.159. The van der Waals surface area contributed by atoms with Crippen molar-refractivity contribution < 1.29 is 13.9 Å². The molecule has 1 rings (SSSR count). The van der Waals surface area contributed by atoms with Crippen molar-refractivity contribution in [2.75, 3.05) is 7.11 Å². The SMILES string of the molecule is COc1cccc(F)c1C(Br)C(C)=O. The first-order valence-electron chi connectivity index (χ1n) is 4.05. The van der Waals surface area contributed by atoms with E-state index < -0.39 is 10.6 Å². The van der Waals surface area contributed by atoms with Gasteiger partial charge in [0.1, 0.15) is 22.2 Å². The van der Waals surface area contributed by atoms with E-state index in [4.69, 9.17) is 4.74 Å². The molecule has 0 saturated heterocycles.